The molecule has 1 aliphatic heterocycles. The summed E-state index contributed by atoms with van der Waals surface area (Å²) in [6.45, 7) is -0.469. The Morgan fingerprint density at radius 1 is 1.09 bits per heavy atom. The number of amides is 5. The first-order valence-corrected chi connectivity index (χ1v) is 6.41. The summed E-state index contributed by atoms with van der Waals surface area (Å²) in [5.74, 6) is -1.90. The molecule has 0 unspecified atom stereocenters. The number of hydrogen-bond donors (Lipinski definition) is 0. The zero-order chi connectivity index (χ0) is 16.4. The molecule has 0 radical (unpaired) electrons. The fourth-order valence-electron chi connectivity index (χ4n) is 1.88. The summed E-state index contributed by atoms with van der Waals surface area (Å²) in [6, 6.07) is 5.26. The summed E-state index contributed by atoms with van der Waals surface area (Å²) in [4.78, 5) is 50.4. The third-order valence-electron chi connectivity index (χ3n) is 3.18. The molecule has 1 aromatic carbocycles. The second kappa shape index (κ2) is 5.84. The highest BCUT2D eigenvalue weighted by Crippen LogP contribution is 2.24. The Kier molecular flexibility index (Phi) is 4.11. The van der Waals surface area contributed by atoms with Gasteiger partial charge in [-0.1, -0.05) is 0 Å². The van der Waals surface area contributed by atoms with E-state index in [1.807, 2.05) is 0 Å². The topological polar surface area (TPSA) is 87.2 Å². The summed E-state index contributed by atoms with van der Waals surface area (Å²) >= 11 is 0. The minimum absolute atomic E-state index is 0.240. The largest absolute Gasteiger partial charge is 0.497 e. The van der Waals surface area contributed by atoms with Crippen LogP contribution in [-0.2, 0) is 14.4 Å². The first-order chi connectivity index (χ1) is 10.4. The second-order valence-corrected chi connectivity index (χ2v) is 4.80. The van der Waals surface area contributed by atoms with Gasteiger partial charge in [-0.2, -0.15) is 0 Å². The van der Waals surface area contributed by atoms with Gasteiger partial charge in [0.1, 0.15) is 12.3 Å². The van der Waals surface area contributed by atoms with Gasteiger partial charge in [0, 0.05) is 14.1 Å². The number of hydrogen-bond acceptors (Lipinski definition) is 5. The van der Waals surface area contributed by atoms with E-state index in [0.717, 1.165) is 4.90 Å². The van der Waals surface area contributed by atoms with Crippen LogP contribution in [-0.4, -0.2) is 61.3 Å². The van der Waals surface area contributed by atoms with Crippen LogP contribution in [0, 0.1) is 0 Å². The molecule has 8 nitrogen and oxygen atoms in total. The number of carbonyl (C=O) groups is 4. The van der Waals surface area contributed by atoms with Crippen LogP contribution in [0.1, 0.15) is 0 Å². The Hall–Kier alpha value is -2.90. The Labute approximate surface area is 126 Å². The zero-order valence-electron chi connectivity index (χ0n) is 12.4. The molecule has 1 aromatic rings. The SMILES string of the molecule is COc1ccc(N2C(=O)C(=O)N(CC(=O)N(C)C)C2=O)cc1. The van der Waals surface area contributed by atoms with Crippen LogP contribution in [0.25, 0.3) is 0 Å². The van der Waals surface area contributed by atoms with Crippen LogP contribution >= 0.6 is 0 Å². The van der Waals surface area contributed by atoms with Gasteiger partial charge in [0.05, 0.1) is 12.8 Å². The van der Waals surface area contributed by atoms with Crippen molar-refractivity contribution in [1.29, 1.82) is 0 Å². The maximum Gasteiger partial charge on any atom is 0.339 e. The minimum atomic E-state index is -1.02. The number of methoxy groups -OCH3 is 1. The van der Waals surface area contributed by atoms with E-state index in [9.17, 15) is 19.2 Å². The molecule has 22 heavy (non-hydrogen) atoms. The number of benzene rings is 1. The number of carbonyl (C=O) groups excluding carboxylic acids is 4. The Bertz CT molecular complexity index is 638. The van der Waals surface area contributed by atoms with Crippen LogP contribution < -0.4 is 9.64 Å². The Morgan fingerprint density at radius 2 is 1.68 bits per heavy atom. The molecule has 8 heteroatoms. The number of likely N-dealkylation sites (N-methyl/N-ethyl adjacent to an activating group) is 1. The van der Waals surface area contributed by atoms with Gasteiger partial charge in [0.2, 0.25) is 5.91 Å². The third-order valence-corrected chi connectivity index (χ3v) is 3.18. The van der Waals surface area contributed by atoms with E-state index in [2.05, 4.69) is 0 Å². The third kappa shape index (κ3) is 2.62. The quantitative estimate of drug-likeness (QED) is 0.580. The lowest BCUT2D eigenvalue weighted by atomic mass is 10.3. The summed E-state index contributed by atoms with van der Waals surface area (Å²) in [7, 11) is 4.48. The predicted octanol–water partition coefficient (Wildman–Crippen LogP) is 0.0786. The van der Waals surface area contributed by atoms with Crippen molar-refractivity contribution < 1.29 is 23.9 Å². The van der Waals surface area contributed by atoms with Crippen molar-refractivity contribution in [3.63, 3.8) is 0 Å². The first-order valence-electron chi connectivity index (χ1n) is 6.41. The van der Waals surface area contributed by atoms with Gasteiger partial charge in [-0.3, -0.25) is 14.4 Å². The number of ether oxygens (including phenoxy) is 1. The average Bonchev–Trinajstić information content (AvgIpc) is 2.71. The van der Waals surface area contributed by atoms with E-state index >= 15 is 0 Å². The molecule has 1 saturated heterocycles. The molecule has 116 valence electrons. The maximum absolute atomic E-state index is 12.2. The van der Waals surface area contributed by atoms with Gasteiger partial charge in [0.25, 0.3) is 0 Å². The van der Waals surface area contributed by atoms with Crippen molar-refractivity contribution in [3.8, 4) is 5.75 Å². The van der Waals surface area contributed by atoms with Crippen molar-refractivity contribution in [1.82, 2.24) is 9.80 Å². The summed E-state index contributed by atoms with van der Waals surface area (Å²) in [6.07, 6.45) is 0. The highest BCUT2D eigenvalue weighted by molar-refractivity contribution is 6.53. The summed E-state index contributed by atoms with van der Waals surface area (Å²) in [5.41, 5.74) is 0.240. The monoisotopic (exact) mass is 305 g/mol. The first kappa shape index (κ1) is 15.5. The van der Waals surface area contributed by atoms with Gasteiger partial charge in [-0.05, 0) is 24.3 Å². The van der Waals surface area contributed by atoms with Crippen LogP contribution in [0.4, 0.5) is 10.5 Å². The van der Waals surface area contributed by atoms with E-state index < -0.39 is 30.3 Å². The maximum atomic E-state index is 12.2. The number of anilines is 1. The van der Waals surface area contributed by atoms with Gasteiger partial charge >= 0.3 is 17.8 Å². The van der Waals surface area contributed by atoms with Crippen molar-refractivity contribution in [2.45, 2.75) is 0 Å². The normalized spacial score (nSPS) is 14.6. The Balaban J connectivity index is 2.26. The number of rotatable bonds is 4. The molecular formula is C14H15N3O5. The molecule has 0 atom stereocenters. The number of urea groups is 1. The smallest absolute Gasteiger partial charge is 0.339 e. The molecular weight excluding hydrogens is 290 g/mol. The van der Waals surface area contributed by atoms with Crippen LogP contribution in [0.5, 0.6) is 5.75 Å². The molecule has 1 fully saturated rings. The van der Waals surface area contributed by atoms with Crippen LogP contribution in [0.2, 0.25) is 0 Å². The molecule has 1 aliphatic rings. The number of nitrogens with zero attached hydrogens (tertiary/aromatic N) is 3. The number of imide groups is 2. The summed E-state index contributed by atoms with van der Waals surface area (Å²) < 4.78 is 4.99. The van der Waals surface area contributed by atoms with E-state index in [-0.39, 0.29) is 5.69 Å². The van der Waals surface area contributed by atoms with E-state index in [0.29, 0.717) is 10.6 Å². The van der Waals surface area contributed by atoms with Gasteiger partial charge in [-0.15, -0.1) is 0 Å². The van der Waals surface area contributed by atoms with Gasteiger partial charge in [-0.25, -0.2) is 14.6 Å². The van der Waals surface area contributed by atoms with Crippen LogP contribution in [0.15, 0.2) is 24.3 Å². The molecule has 0 N–H and O–H groups in total. The van der Waals surface area contributed by atoms with Crippen molar-refractivity contribution in [3.05, 3.63) is 24.3 Å². The van der Waals surface area contributed by atoms with Gasteiger partial charge in [0.15, 0.2) is 0 Å². The molecule has 0 spiro atoms. The molecule has 0 aliphatic carbocycles. The summed E-state index contributed by atoms with van der Waals surface area (Å²) in [5, 5.41) is 0. The molecule has 5 amide bonds. The van der Waals surface area contributed by atoms with Crippen molar-refractivity contribution in [2.75, 3.05) is 32.6 Å². The molecule has 0 aromatic heterocycles. The van der Waals surface area contributed by atoms with E-state index in [1.54, 1.807) is 12.1 Å². The highest BCUT2D eigenvalue weighted by atomic mass is 16.5. The fraction of sp³-hybridized carbons (Fsp3) is 0.286. The van der Waals surface area contributed by atoms with Crippen molar-refractivity contribution in [2.24, 2.45) is 0 Å². The molecule has 1 heterocycles. The molecule has 0 bridgehead atoms. The standard InChI is InChI=1S/C14H15N3O5/c1-15(2)11(18)8-16-12(19)13(20)17(14(16)21)9-4-6-10(22-3)7-5-9/h4-7H,8H2,1-3H3. The highest BCUT2D eigenvalue weighted by Gasteiger charge is 2.46. The van der Waals surface area contributed by atoms with E-state index in [4.69, 9.17) is 4.74 Å². The minimum Gasteiger partial charge on any atom is -0.497 e. The van der Waals surface area contributed by atoms with E-state index in [1.165, 1.54) is 38.2 Å². The predicted molar refractivity (Wildman–Crippen MR) is 76.3 cm³/mol. The lowest BCUT2D eigenvalue weighted by molar-refractivity contribution is -0.141. The molecule has 2 rings (SSSR count). The zero-order valence-corrected chi connectivity index (χ0v) is 12.4. The lowest BCUT2D eigenvalue weighted by Crippen LogP contribution is -2.41. The fourth-order valence-corrected chi connectivity index (χ4v) is 1.88. The Morgan fingerprint density at radius 3 is 2.18 bits per heavy atom. The second-order valence-electron chi connectivity index (χ2n) is 4.80. The lowest BCUT2D eigenvalue weighted by Gasteiger charge is -2.17. The van der Waals surface area contributed by atoms with Crippen LogP contribution in [0.3, 0.4) is 0 Å². The molecule has 0 saturated carbocycles. The van der Waals surface area contributed by atoms with Gasteiger partial charge < -0.3 is 9.64 Å². The average molecular weight is 305 g/mol. The van der Waals surface area contributed by atoms with Crippen molar-refractivity contribution >= 4 is 29.4 Å².